The van der Waals surface area contributed by atoms with Gasteiger partial charge in [-0.15, -0.1) is 0 Å². The Hall–Kier alpha value is -2.75. The van der Waals surface area contributed by atoms with Crippen molar-refractivity contribution in [1.82, 2.24) is 9.62 Å². The summed E-state index contributed by atoms with van der Waals surface area (Å²) < 4.78 is 33.0. The van der Waals surface area contributed by atoms with Crippen LogP contribution in [-0.4, -0.2) is 50.8 Å². The van der Waals surface area contributed by atoms with E-state index in [0.29, 0.717) is 56.1 Å². The molecule has 0 saturated carbocycles. The molecule has 2 aromatic carbocycles. The first-order chi connectivity index (χ1) is 14.4. The third-order valence-corrected chi connectivity index (χ3v) is 7.33. The number of morpholine rings is 1. The highest BCUT2D eigenvalue weighted by Crippen LogP contribution is 2.25. The van der Waals surface area contributed by atoms with Crippen molar-refractivity contribution in [3.8, 4) is 0 Å². The zero-order valence-corrected chi connectivity index (χ0v) is 17.4. The second kappa shape index (κ2) is 8.17. The summed E-state index contributed by atoms with van der Waals surface area (Å²) in [5, 5.41) is 5.49. The van der Waals surface area contributed by atoms with E-state index >= 15 is 0 Å². The second-order valence-electron chi connectivity index (χ2n) is 7.20. The maximum atomic E-state index is 13.2. The number of benzene rings is 2. The fourth-order valence-electron chi connectivity index (χ4n) is 3.65. The third-order valence-electron chi connectivity index (χ3n) is 5.35. The lowest BCUT2D eigenvalue weighted by molar-refractivity contribution is 0.0730. The zero-order valence-electron chi connectivity index (χ0n) is 16.6. The van der Waals surface area contributed by atoms with E-state index in [1.54, 1.807) is 30.3 Å². The molecule has 2 aromatic rings. The molecule has 1 saturated heterocycles. The SMILES string of the molecule is CCc1ccc(C(=O)Nc2ccc3c(c2)C(=O)NC3)cc1S(=O)(=O)N1CCOCC1. The highest BCUT2D eigenvalue weighted by Gasteiger charge is 2.29. The molecular formula is C21H23N3O5S. The smallest absolute Gasteiger partial charge is 0.255 e. The number of nitrogens with one attached hydrogen (secondary N) is 2. The van der Waals surface area contributed by atoms with E-state index in [1.165, 1.54) is 10.4 Å². The van der Waals surface area contributed by atoms with Gasteiger partial charge in [-0.1, -0.05) is 19.1 Å². The van der Waals surface area contributed by atoms with Crippen molar-refractivity contribution in [3.63, 3.8) is 0 Å². The number of hydrogen-bond donors (Lipinski definition) is 2. The number of hydrogen-bond acceptors (Lipinski definition) is 5. The van der Waals surface area contributed by atoms with Crippen LogP contribution < -0.4 is 10.6 Å². The molecule has 0 spiro atoms. The molecule has 0 radical (unpaired) electrons. The molecule has 2 aliphatic rings. The van der Waals surface area contributed by atoms with Crippen LogP contribution in [0.15, 0.2) is 41.3 Å². The Labute approximate surface area is 175 Å². The Morgan fingerprint density at radius 2 is 1.93 bits per heavy atom. The number of ether oxygens (including phenoxy) is 1. The Bertz CT molecular complexity index is 1110. The summed E-state index contributed by atoms with van der Waals surface area (Å²) in [6, 6.07) is 9.87. The van der Waals surface area contributed by atoms with Crippen LogP contribution in [0.2, 0.25) is 0 Å². The molecule has 0 atom stereocenters. The van der Waals surface area contributed by atoms with Crippen molar-refractivity contribution in [2.24, 2.45) is 0 Å². The largest absolute Gasteiger partial charge is 0.379 e. The maximum Gasteiger partial charge on any atom is 0.255 e. The molecule has 0 aromatic heterocycles. The summed E-state index contributed by atoms with van der Waals surface area (Å²) in [5.74, 6) is -0.610. The number of carbonyl (C=O) groups is 2. The number of sulfonamides is 1. The molecule has 8 nitrogen and oxygen atoms in total. The van der Waals surface area contributed by atoms with Gasteiger partial charge in [0.2, 0.25) is 10.0 Å². The first-order valence-corrected chi connectivity index (χ1v) is 11.3. The van der Waals surface area contributed by atoms with Gasteiger partial charge >= 0.3 is 0 Å². The first-order valence-electron chi connectivity index (χ1n) is 9.83. The molecule has 0 unspecified atom stereocenters. The molecule has 1 fully saturated rings. The quantitative estimate of drug-likeness (QED) is 0.754. The lowest BCUT2D eigenvalue weighted by Crippen LogP contribution is -2.41. The Kier molecular flexibility index (Phi) is 5.59. The Morgan fingerprint density at radius 3 is 2.67 bits per heavy atom. The number of carbonyl (C=O) groups excluding carboxylic acids is 2. The van der Waals surface area contributed by atoms with Gasteiger partial charge in [-0.05, 0) is 41.8 Å². The number of amides is 2. The normalized spacial score (nSPS) is 16.8. The summed E-state index contributed by atoms with van der Waals surface area (Å²) in [6.07, 6.45) is 0.529. The van der Waals surface area contributed by atoms with E-state index in [4.69, 9.17) is 4.74 Å². The molecule has 30 heavy (non-hydrogen) atoms. The Morgan fingerprint density at radius 1 is 1.17 bits per heavy atom. The summed E-state index contributed by atoms with van der Waals surface area (Å²) >= 11 is 0. The van der Waals surface area contributed by atoms with Gasteiger partial charge in [0.1, 0.15) is 0 Å². The van der Waals surface area contributed by atoms with Crippen LogP contribution in [0.1, 0.15) is 38.8 Å². The van der Waals surface area contributed by atoms with Crippen molar-refractivity contribution in [3.05, 3.63) is 58.7 Å². The van der Waals surface area contributed by atoms with Gasteiger partial charge in [-0.25, -0.2) is 8.42 Å². The molecule has 2 amide bonds. The second-order valence-corrected chi connectivity index (χ2v) is 9.11. The molecule has 2 heterocycles. The molecular weight excluding hydrogens is 406 g/mol. The minimum atomic E-state index is -3.73. The van der Waals surface area contributed by atoms with Gasteiger partial charge in [0.25, 0.3) is 11.8 Å². The van der Waals surface area contributed by atoms with Crippen LogP contribution in [0.3, 0.4) is 0 Å². The molecule has 0 bridgehead atoms. The van der Waals surface area contributed by atoms with Crippen LogP contribution in [0.5, 0.6) is 0 Å². The minimum absolute atomic E-state index is 0.146. The van der Waals surface area contributed by atoms with Gasteiger partial charge in [0.05, 0.1) is 18.1 Å². The van der Waals surface area contributed by atoms with E-state index in [1.807, 2.05) is 6.92 Å². The average Bonchev–Trinajstić information content (AvgIpc) is 3.14. The molecule has 2 N–H and O–H groups in total. The molecule has 158 valence electrons. The molecule has 9 heteroatoms. The minimum Gasteiger partial charge on any atom is -0.379 e. The van der Waals surface area contributed by atoms with E-state index in [9.17, 15) is 18.0 Å². The number of aryl methyl sites for hydroxylation is 1. The maximum absolute atomic E-state index is 13.2. The van der Waals surface area contributed by atoms with E-state index in [-0.39, 0.29) is 16.4 Å². The fourth-order valence-corrected chi connectivity index (χ4v) is 5.38. The number of nitrogens with zero attached hydrogens (tertiary/aromatic N) is 1. The zero-order chi connectivity index (χ0) is 21.3. The summed E-state index contributed by atoms with van der Waals surface area (Å²) in [6.45, 7) is 3.64. The summed E-state index contributed by atoms with van der Waals surface area (Å²) in [7, 11) is -3.73. The molecule has 4 rings (SSSR count). The van der Waals surface area contributed by atoms with Crippen LogP contribution in [0.4, 0.5) is 5.69 Å². The first kappa shape index (κ1) is 20.5. The topological polar surface area (TPSA) is 105 Å². The van der Waals surface area contributed by atoms with Crippen LogP contribution in [-0.2, 0) is 27.7 Å². The van der Waals surface area contributed by atoms with Gasteiger partial charge in [0.15, 0.2) is 0 Å². The van der Waals surface area contributed by atoms with E-state index < -0.39 is 15.9 Å². The van der Waals surface area contributed by atoms with Crippen molar-refractivity contribution in [2.75, 3.05) is 31.6 Å². The lowest BCUT2D eigenvalue weighted by atomic mass is 10.1. The number of anilines is 1. The van der Waals surface area contributed by atoms with Gasteiger partial charge in [-0.3, -0.25) is 9.59 Å². The standard InChI is InChI=1S/C21H23N3O5S/c1-2-14-3-4-15(11-19(14)30(27,28)24-7-9-29-10-8-24)20(25)23-17-6-5-16-13-22-21(26)18(16)12-17/h3-6,11-12H,2,7-10,13H2,1H3,(H,22,26)(H,23,25). The summed E-state index contributed by atoms with van der Waals surface area (Å²) in [4.78, 5) is 24.8. The van der Waals surface area contributed by atoms with Crippen molar-refractivity contribution in [1.29, 1.82) is 0 Å². The highest BCUT2D eigenvalue weighted by atomic mass is 32.2. The van der Waals surface area contributed by atoms with E-state index in [2.05, 4.69) is 10.6 Å². The number of fused-ring (bicyclic) bond motifs is 1. The van der Waals surface area contributed by atoms with E-state index in [0.717, 1.165) is 5.56 Å². The fraction of sp³-hybridized carbons (Fsp3) is 0.333. The number of rotatable bonds is 5. The van der Waals surface area contributed by atoms with Crippen LogP contribution in [0.25, 0.3) is 0 Å². The van der Waals surface area contributed by atoms with Crippen molar-refractivity contribution >= 4 is 27.5 Å². The van der Waals surface area contributed by atoms with Crippen LogP contribution in [0, 0.1) is 0 Å². The predicted octanol–water partition coefficient (Wildman–Crippen LogP) is 1.77. The predicted molar refractivity (Wildman–Crippen MR) is 111 cm³/mol. The van der Waals surface area contributed by atoms with Crippen LogP contribution >= 0.6 is 0 Å². The van der Waals surface area contributed by atoms with Gasteiger partial charge in [-0.2, -0.15) is 4.31 Å². The molecule has 0 aliphatic carbocycles. The molecule has 2 aliphatic heterocycles. The Balaban J connectivity index is 1.62. The van der Waals surface area contributed by atoms with Gasteiger partial charge in [0, 0.05) is 36.4 Å². The van der Waals surface area contributed by atoms with Crippen molar-refractivity contribution in [2.45, 2.75) is 24.8 Å². The highest BCUT2D eigenvalue weighted by molar-refractivity contribution is 7.89. The lowest BCUT2D eigenvalue weighted by Gasteiger charge is -2.27. The van der Waals surface area contributed by atoms with Crippen molar-refractivity contribution < 1.29 is 22.7 Å². The monoisotopic (exact) mass is 429 g/mol. The third kappa shape index (κ3) is 3.83. The van der Waals surface area contributed by atoms with Gasteiger partial charge < -0.3 is 15.4 Å². The average molecular weight is 429 g/mol. The summed E-state index contributed by atoms with van der Waals surface area (Å²) in [5.41, 5.74) is 2.79.